The smallest absolute Gasteiger partial charge is 0.336 e. The number of rotatable bonds is 15. The fraction of sp³-hybridized carbons (Fsp3) is 0.649. The number of ether oxygens (including phenoxy) is 2. The topological polar surface area (TPSA) is 194 Å². The van der Waals surface area contributed by atoms with Crippen molar-refractivity contribution in [3.8, 4) is 0 Å². The van der Waals surface area contributed by atoms with Crippen LogP contribution in [0.25, 0.3) is 0 Å². The molecule has 0 aromatic carbocycles. The number of likely N-dealkylation sites (tertiary alicyclic amines) is 1. The van der Waals surface area contributed by atoms with Gasteiger partial charge in [0.15, 0.2) is 12.1 Å². The Hall–Kier alpha value is -3.31. The molecule has 0 radical (unpaired) electrons. The first-order chi connectivity index (χ1) is 25.1. The summed E-state index contributed by atoms with van der Waals surface area (Å²) in [5, 5.41) is 21.2. The summed E-state index contributed by atoms with van der Waals surface area (Å²) in [6.07, 6.45) is 4.26. The van der Waals surface area contributed by atoms with Crippen LogP contribution in [0.4, 0.5) is 0 Å². The third-order valence-electron chi connectivity index (χ3n) is 11.4. The number of thioether (sulfide) groups is 2. The molecule has 288 valence electrons. The first-order valence-corrected chi connectivity index (χ1v) is 20.3. The number of aliphatic hydroxyl groups is 2. The van der Waals surface area contributed by atoms with E-state index in [4.69, 9.17) is 14.3 Å². The molecule has 2 unspecified atom stereocenters. The minimum atomic E-state index is -1.41. The maximum absolute atomic E-state index is 13.1. The van der Waals surface area contributed by atoms with E-state index >= 15 is 0 Å². The monoisotopic (exact) mass is 774 g/mol. The highest BCUT2D eigenvalue weighted by Crippen LogP contribution is 2.65. The van der Waals surface area contributed by atoms with Gasteiger partial charge < -0.3 is 24.5 Å². The molecule has 2 saturated heterocycles. The second-order valence-corrected chi connectivity index (χ2v) is 17.0. The van der Waals surface area contributed by atoms with Crippen LogP contribution in [0, 0.1) is 17.3 Å². The first-order valence-electron chi connectivity index (χ1n) is 18.1. The minimum absolute atomic E-state index is 0.00675. The summed E-state index contributed by atoms with van der Waals surface area (Å²) in [5.41, 5.74) is 2.53. The molecule has 6 aliphatic rings. The molecule has 4 aliphatic carbocycles. The number of aliphatic hydroxyl groups excluding tert-OH is 1. The zero-order valence-corrected chi connectivity index (χ0v) is 31.8. The van der Waals surface area contributed by atoms with Gasteiger partial charge in [-0.2, -0.15) is 0 Å². The van der Waals surface area contributed by atoms with Crippen LogP contribution in [0.1, 0.15) is 78.6 Å². The van der Waals surface area contributed by atoms with Crippen molar-refractivity contribution < 1.29 is 58.1 Å². The maximum atomic E-state index is 13.1. The van der Waals surface area contributed by atoms with Crippen molar-refractivity contribution in [1.29, 1.82) is 0 Å². The summed E-state index contributed by atoms with van der Waals surface area (Å²) in [4.78, 5) is 93.5. The van der Waals surface area contributed by atoms with E-state index in [9.17, 15) is 43.8 Å². The molecule has 2 heterocycles. The van der Waals surface area contributed by atoms with E-state index in [2.05, 4.69) is 0 Å². The van der Waals surface area contributed by atoms with E-state index in [0.717, 1.165) is 46.9 Å². The predicted octanol–water partition coefficient (Wildman–Crippen LogP) is 2.56. The van der Waals surface area contributed by atoms with Crippen LogP contribution >= 0.6 is 23.5 Å². The summed E-state index contributed by atoms with van der Waals surface area (Å²) >= 11 is 2.50. The number of nitrogens with zero attached hydrogens (tertiary/aromatic N) is 2. The van der Waals surface area contributed by atoms with Crippen molar-refractivity contribution in [2.24, 2.45) is 17.3 Å². The van der Waals surface area contributed by atoms with Gasteiger partial charge in [-0.15, -0.1) is 28.6 Å². The fourth-order valence-electron chi connectivity index (χ4n) is 8.10. The molecule has 2 N–H and O–H groups in total. The highest BCUT2D eigenvalue weighted by atomic mass is 32.2. The molecule has 4 fully saturated rings. The lowest BCUT2D eigenvalue weighted by atomic mass is 9.67. The molecule has 4 amide bonds. The Balaban J connectivity index is 0.844. The number of allylic oxidation sites excluding steroid dienone is 3. The summed E-state index contributed by atoms with van der Waals surface area (Å²) < 4.78 is 10.6. The van der Waals surface area contributed by atoms with E-state index in [1.165, 1.54) is 16.7 Å². The molecule has 14 nitrogen and oxygen atoms in total. The number of amides is 4. The predicted molar refractivity (Wildman–Crippen MR) is 191 cm³/mol. The Morgan fingerprint density at radius 2 is 1.68 bits per heavy atom. The van der Waals surface area contributed by atoms with E-state index < -0.39 is 52.2 Å². The lowest BCUT2D eigenvalue weighted by Gasteiger charge is -2.39. The van der Waals surface area contributed by atoms with Crippen LogP contribution < -0.4 is 0 Å². The van der Waals surface area contributed by atoms with Crippen LogP contribution in [0.15, 0.2) is 33.9 Å². The number of hydrogen-bond acceptors (Lipinski definition) is 14. The molecular weight excluding hydrogens is 729 g/mol. The molecule has 3 atom stereocenters. The Bertz CT molecular complexity index is 1670. The van der Waals surface area contributed by atoms with E-state index in [-0.39, 0.29) is 74.0 Å². The van der Waals surface area contributed by atoms with Gasteiger partial charge in [0.2, 0.25) is 11.8 Å². The SMILES string of the molecule is CC1=C(CSCC(=O)OCCOC(O)CSC2CC(=O)N(CC3CCC(C(=O)ON4C(=O)CCC4=O)CC3)C2=O)C2=C(C)C3(CC3)[C@@](C)(O)C(=O)C2=C1. The van der Waals surface area contributed by atoms with Gasteiger partial charge in [-0.1, -0.05) is 5.57 Å². The number of esters is 1. The molecule has 0 aromatic heterocycles. The summed E-state index contributed by atoms with van der Waals surface area (Å²) in [6, 6.07) is 0. The van der Waals surface area contributed by atoms with Gasteiger partial charge >= 0.3 is 11.9 Å². The summed E-state index contributed by atoms with van der Waals surface area (Å²) in [5.74, 6) is -2.83. The van der Waals surface area contributed by atoms with Crippen molar-refractivity contribution in [2.45, 2.75) is 95.7 Å². The highest BCUT2D eigenvalue weighted by Gasteiger charge is 2.65. The molecule has 2 aliphatic heterocycles. The number of hydrogen-bond donors (Lipinski definition) is 2. The third kappa shape index (κ3) is 7.93. The van der Waals surface area contributed by atoms with Crippen molar-refractivity contribution in [3.63, 3.8) is 0 Å². The van der Waals surface area contributed by atoms with Gasteiger partial charge in [0.05, 0.1) is 23.5 Å². The normalized spacial score (nSPS) is 28.7. The van der Waals surface area contributed by atoms with Crippen molar-refractivity contribution >= 4 is 64.9 Å². The maximum Gasteiger partial charge on any atom is 0.336 e. The number of carbonyl (C=O) groups is 7. The zero-order chi connectivity index (χ0) is 38.2. The zero-order valence-electron chi connectivity index (χ0n) is 30.2. The van der Waals surface area contributed by atoms with E-state index in [1.807, 2.05) is 19.9 Å². The fourth-order valence-corrected chi connectivity index (χ4v) is 10.1. The van der Waals surface area contributed by atoms with Crippen molar-refractivity contribution in [3.05, 3.63) is 33.9 Å². The van der Waals surface area contributed by atoms with Crippen LogP contribution in [0.2, 0.25) is 0 Å². The second-order valence-electron chi connectivity index (χ2n) is 14.8. The molecule has 0 bridgehead atoms. The second kappa shape index (κ2) is 15.8. The van der Waals surface area contributed by atoms with Gasteiger partial charge in [0, 0.05) is 48.3 Å². The Kier molecular flexibility index (Phi) is 11.7. The molecule has 1 spiro atoms. The number of fused-ring (bicyclic) bond motifs is 1. The summed E-state index contributed by atoms with van der Waals surface area (Å²) in [6.45, 7) is 5.64. The average molecular weight is 775 g/mol. The van der Waals surface area contributed by atoms with Crippen LogP contribution in [-0.2, 0) is 47.9 Å². The number of ketones is 1. The quantitative estimate of drug-likeness (QED) is 0.107. The molecule has 0 aromatic rings. The average Bonchev–Trinajstić information content (AvgIpc) is 3.73. The van der Waals surface area contributed by atoms with Gasteiger partial charge in [-0.25, -0.2) is 4.79 Å². The lowest BCUT2D eigenvalue weighted by Crippen LogP contribution is -2.49. The molecule has 53 heavy (non-hydrogen) atoms. The molecule has 2 saturated carbocycles. The van der Waals surface area contributed by atoms with E-state index in [0.29, 0.717) is 42.1 Å². The minimum Gasteiger partial charge on any atom is -0.463 e. The highest BCUT2D eigenvalue weighted by molar-refractivity contribution is 8.00. The van der Waals surface area contributed by atoms with Gasteiger partial charge in [-0.05, 0) is 88.0 Å². The number of Topliss-reactive ketones (excluding diaryl/α,β-unsaturated/α-hetero) is 1. The number of imide groups is 2. The molecule has 6 rings (SSSR count). The van der Waals surface area contributed by atoms with Crippen molar-refractivity contribution in [1.82, 2.24) is 9.96 Å². The Morgan fingerprint density at radius 3 is 2.34 bits per heavy atom. The van der Waals surface area contributed by atoms with E-state index in [1.54, 1.807) is 6.92 Å². The van der Waals surface area contributed by atoms with Crippen LogP contribution in [0.3, 0.4) is 0 Å². The molecular formula is C37H46N2O12S2. The van der Waals surface area contributed by atoms with Gasteiger partial charge in [0.1, 0.15) is 12.2 Å². The third-order valence-corrected chi connectivity index (χ3v) is 13.6. The Morgan fingerprint density at radius 1 is 1.00 bits per heavy atom. The number of hydroxylamine groups is 2. The largest absolute Gasteiger partial charge is 0.463 e. The lowest BCUT2D eigenvalue weighted by molar-refractivity contribution is -0.201. The van der Waals surface area contributed by atoms with Crippen LogP contribution in [0.5, 0.6) is 0 Å². The van der Waals surface area contributed by atoms with Gasteiger partial charge in [-0.3, -0.25) is 33.7 Å². The first kappa shape index (κ1) is 39.4. The Labute approximate surface area is 316 Å². The standard InChI is InChI=1S/C37H46N2O12S2/c1-20-14-24-32(21(2)37(10-11-37)36(3,48)33(24)45)25(20)17-52-18-30(43)49-12-13-50-31(44)19-53-26-15-29(42)38(34(26)46)16-22-4-6-23(7-5-22)35(47)51-39-27(40)8-9-28(39)41/h14,22-23,26,31,44,48H,4-13,15-19H2,1-3H3/t22?,23?,26?,31?,36-/m0/s1. The molecule has 16 heteroatoms. The summed E-state index contributed by atoms with van der Waals surface area (Å²) in [7, 11) is 0. The number of carbonyl (C=O) groups excluding carboxylic acids is 7. The van der Waals surface area contributed by atoms with Gasteiger partial charge in [0.25, 0.3) is 11.8 Å². The van der Waals surface area contributed by atoms with Crippen molar-refractivity contribution in [2.75, 3.05) is 37.0 Å². The van der Waals surface area contributed by atoms with Crippen LogP contribution in [-0.4, -0.2) is 116 Å².